The van der Waals surface area contributed by atoms with Crippen molar-refractivity contribution in [3.8, 4) is 5.75 Å². The van der Waals surface area contributed by atoms with Crippen molar-refractivity contribution in [2.45, 2.75) is 26.4 Å². The van der Waals surface area contributed by atoms with E-state index in [1.54, 1.807) is 18.2 Å². The summed E-state index contributed by atoms with van der Waals surface area (Å²) in [5, 5.41) is 0.579. The zero-order chi connectivity index (χ0) is 12.1. The second-order valence-corrected chi connectivity index (χ2v) is 4.11. The van der Waals surface area contributed by atoms with Crippen LogP contribution in [-0.2, 0) is 16.0 Å². The van der Waals surface area contributed by atoms with Gasteiger partial charge in [-0.25, -0.2) is 0 Å². The molecule has 1 rings (SSSR count). The summed E-state index contributed by atoms with van der Waals surface area (Å²) in [6.07, 6.45) is 0.219. The Morgan fingerprint density at radius 3 is 2.69 bits per heavy atom. The normalized spacial score (nSPS) is 10.3. The maximum atomic E-state index is 11.2. The molecular formula is C12H15ClO3. The summed E-state index contributed by atoms with van der Waals surface area (Å²) in [6.45, 7) is 3.85. The molecule has 88 valence electrons. The van der Waals surface area contributed by atoms with Gasteiger partial charge in [-0.1, -0.05) is 11.6 Å². The lowest BCUT2D eigenvalue weighted by molar-refractivity contribution is -0.139. The Morgan fingerprint density at radius 1 is 1.44 bits per heavy atom. The zero-order valence-electron chi connectivity index (χ0n) is 9.62. The van der Waals surface area contributed by atoms with Gasteiger partial charge in [0.15, 0.2) is 0 Å². The minimum atomic E-state index is -0.309. The van der Waals surface area contributed by atoms with Crippen LogP contribution in [0.15, 0.2) is 18.2 Å². The third-order valence-electron chi connectivity index (χ3n) is 1.95. The fraction of sp³-hybridized carbons (Fsp3) is 0.417. The average molecular weight is 243 g/mol. The molecule has 0 fully saturated rings. The number of carbonyl (C=O) groups excluding carboxylic acids is 1. The topological polar surface area (TPSA) is 35.5 Å². The number of hydrogen-bond acceptors (Lipinski definition) is 3. The van der Waals surface area contributed by atoms with Gasteiger partial charge in [-0.2, -0.15) is 0 Å². The van der Waals surface area contributed by atoms with Gasteiger partial charge in [0.25, 0.3) is 0 Å². The van der Waals surface area contributed by atoms with Crippen LogP contribution in [0, 0.1) is 0 Å². The fourth-order valence-corrected chi connectivity index (χ4v) is 1.48. The fourth-order valence-electron chi connectivity index (χ4n) is 1.28. The highest BCUT2D eigenvalue weighted by Crippen LogP contribution is 2.24. The lowest BCUT2D eigenvalue weighted by atomic mass is 10.1. The number of ether oxygens (including phenoxy) is 2. The molecule has 3 nitrogen and oxygen atoms in total. The summed E-state index contributed by atoms with van der Waals surface area (Å²) in [4.78, 5) is 11.2. The van der Waals surface area contributed by atoms with Crippen LogP contribution in [0.5, 0.6) is 5.75 Å². The Labute approximate surface area is 100 Å². The highest BCUT2D eigenvalue weighted by Gasteiger charge is 2.11. The van der Waals surface area contributed by atoms with Crippen molar-refractivity contribution >= 4 is 17.6 Å². The molecule has 0 radical (unpaired) electrons. The van der Waals surface area contributed by atoms with Gasteiger partial charge < -0.3 is 9.47 Å². The first kappa shape index (κ1) is 12.8. The monoisotopic (exact) mass is 242 g/mol. The van der Waals surface area contributed by atoms with Crippen molar-refractivity contribution in [3.05, 3.63) is 28.8 Å². The molecule has 0 amide bonds. The molecule has 0 saturated heterocycles. The van der Waals surface area contributed by atoms with E-state index in [1.807, 2.05) is 13.8 Å². The summed E-state index contributed by atoms with van der Waals surface area (Å²) < 4.78 is 10.2. The molecule has 0 aromatic heterocycles. The van der Waals surface area contributed by atoms with Gasteiger partial charge >= 0.3 is 5.97 Å². The lowest BCUT2D eigenvalue weighted by Crippen LogP contribution is -2.10. The zero-order valence-corrected chi connectivity index (χ0v) is 10.4. The second kappa shape index (κ2) is 5.75. The molecule has 0 unspecified atom stereocenters. The van der Waals surface area contributed by atoms with Crippen LogP contribution in [0.1, 0.15) is 19.4 Å². The van der Waals surface area contributed by atoms with Gasteiger partial charge in [0.1, 0.15) is 5.75 Å². The third-order valence-corrected chi connectivity index (χ3v) is 2.18. The Morgan fingerprint density at radius 2 is 2.12 bits per heavy atom. The second-order valence-electron chi connectivity index (χ2n) is 3.67. The van der Waals surface area contributed by atoms with E-state index in [0.29, 0.717) is 10.8 Å². The molecule has 0 bridgehead atoms. The van der Waals surface area contributed by atoms with Gasteiger partial charge in [0.05, 0.1) is 19.6 Å². The molecule has 16 heavy (non-hydrogen) atoms. The highest BCUT2D eigenvalue weighted by molar-refractivity contribution is 6.30. The molecular weight excluding hydrogens is 228 g/mol. The predicted octanol–water partition coefficient (Wildman–Crippen LogP) is 2.84. The molecule has 1 aromatic carbocycles. The molecule has 0 aliphatic carbocycles. The summed E-state index contributed by atoms with van der Waals surface area (Å²) >= 11 is 5.87. The van der Waals surface area contributed by atoms with Crippen molar-refractivity contribution in [1.29, 1.82) is 0 Å². The molecule has 0 aliphatic heterocycles. The molecule has 0 heterocycles. The summed E-state index contributed by atoms with van der Waals surface area (Å²) in [7, 11) is 1.36. The van der Waals surface area contributed by atoms with Crippen molar-refractivity contribution < 1.29 is 14.3 Å². The number of hydrogen-bond donors (Lipinski definition) is 0. The van der Waals surface area contributed by atoms with E-state index in [0.717, 1.165) is 5.56 Å². The minimum Gasteiger partial charge on any atom is -0.491 e. The average Bonchev–Trinajstić information content (AvgIpc) is 2.21. The van der Waals surface area contributed by atoms with E-state index in [1.165, 1.54) is 7.11 Å². The van der Waals surface area contributed by atoms with Gasteiger partial charge in [-0.15, -0.1) is 0 Å². The van der Waals surface area contributed by atoms with Crippen LogP contribution in [0.4, 0.5) is 0 Å². The van der Waals surface area contributed by atoms with E-state index in [4.69, 9.17) is 16.3 Å². The van der Waals surface area contributed by atoms with Crippen molar-refractivity contribution in [1.82, 2.24) is 0 Å². The first-order valence-corrected chi connectivity index (χ1v) is 5.42. The molecule has 0 spiro atoms. The maximum Gasteiger partial charge on any atom is 0.310 e. The first-order chi connectivity index (χ1) is 7.52. The van der Waals surface area contributed by atoms with E-state index < -0.39 is 0 Å². The minimum absolute atomic E-state index is 0.0533. The van der Waals surface area contributed by atoms with Crippen LogP contribution in [-0.4, -0.2) is 19.2 Å². The van der Waals surface area contributed by atoms with Crippen molar-refractivity contribution in [2.75, 3.05) is 7.11 Å². The summed E-state index contributed by atoms with van der Waals surface area (Å²) in [5.74, 6) is 0.362. The maximum absolute atomic E-state index is 11.2. The SMILES string of the molecule is COC(=O)Cc1cc(Cl)ccc1OC(C)C. The van der Waals surface area contributed by atoms with E-state index >= 15 is 0 Å². The number of methoxy groups -OCH3 is 1. The predicted molar refractivity (Wildman–Crippen MR) is 62.9 cm³/mol. The molecule has 0 saturated carbocycles. The van der Waals surface area contributed by atoms with Crippen LogP contribution < -0.4 is 4.74 Å². The van der Waals surface area contributed by atoms with Gasteiger partial charge in [-0.05, 0) is 32.0 Å². The van der Waals surface area contributed by atoms with Crippen LogP contribution in [0.25, 0.3) is 0 Å². The molecule has 0 aliphatic rings. The summed E-state index contributed by atoms with van der Waals surface area (Å²) in [6, 6.07) is 5.22. The van der Waals surface area contributed by atoms with Gasteiger partial charge in [0, 0.05) is 10.6 Å². The molecule has 4 heteroatoms. The van der Waals surface area contributed by atoms with Crippen LogP contribution >= 0.6 is 11.6 Å². The standard InChI is InChI=1S/C12H15ClO3/c1-8(2)16-11-5-4-10(13)6-9(11)7-12(14)15-3/h4-6,8H,7H2,1-3H3. The van der Waals surface area contributed by atoms with Gasteiger partial charge in [0.2, 0.25) is 0 Å². The lowest BCUT2D eigenvalue weighted by Gasteiger charge is -2.13. The van der Waals surface area contributed by atoms with Crippen molar-refractivity contribution in [3.63, 3.8) is 0 Å². The quantitative estimate of drug-likeness (QED) is 0.762. The van der Waals surface area contributed by atoms with E-state index in [-0.39, 0.29) is 18.5 Å². The third kappa shape index (κ3) is 3.74. The number of esters is 1. The number of benzene rings is 1. The Balaban J connectivity index is 2.93. The van der Waals surface area contributed by atoms with E-state index in [2.05, 4.69) is 4.74 Å². The highest BCUT2D eigenvalue weighted by atomic mass is 35.5. The first-order valence-electron chi connectivity index (χ1n) is 5.05. The largest absolute Gasteiger partial charge is 0.491 e. The number of halogens is 1. The Hall–Kier alpha value is -1.22. The number of carbonyl (C=O) groups is 1. The smallest absolute Gasteiger partial charge is 0.310 e. The molecule has 0 atom stereocenters. The van der Waals surface area contributed by atoms with Crippen LogP contribution in [0.2, 0.25) is 5.02 Å². The van der Waals surface area contributed by atoms with Crippen molar-refractivity contribution in [2.24, 2.45) is 0 Å². The van der Waals surface area contributed by atoms with Crippen LogP contribution in [0.3, 0.4) is 0 Å². The summed E-state index contributed by atoms with van der Waals surface area (Å²) in [5.41, 5.74) is 0.744. The Bertz CT molecular complexity index is 375. The molecule has 0 N–H and O–H groups in total. The van der Waals surface area contributed by atoms with E-state index in [9.17, 15) is 4.79 Å². The Kier molecular flexibility index (Phi) is 4.62. The number of rotatable bonds is 4. The molecule has 1 aromatic rings. The van der Waals surface area contributed by atoms with Gasteiger partial charge in [-0.3, -0.25) is 4.79 Å².